The van der Waals surface area contributed by atoms with E-state index < -0.39 is 0 Å². The van der Waals surface area contributed by atoms with Gasteiger partial charge in [-0.2, -0.15) is 0 Å². The quantitative estimate of drug-likeness (QED) is 0.869. The highest BCUT2D eigenvalue weighted by molar-refractivity contribution is 5.85. The minimum atomic E-state index is -0.168. The molecule has 1 rings (SSSR count). The summed E-state index contributed by atoms with van der Waals surface area (Å²) in [7, 11) is 0. The predicted octanol–water partition coefficient (Wildman–Crippen LogP) is 1.74. The fraction of sp³-hybridized carbons (Fsp3) is 0.500. The molecule has 0 aromatic carbocycles. The smallest absolute Gasteiger partial charge is 0.227 e. The minimum absolute atomic E-state index is 0. The second-order valence-electron chi connectivity index (χ2n) is 4.09. The summed E-state index contributed by atoms with van der Waals surface area (Å²) in [5, 5.41) is 2.88. The van der Waals surface area contributed by atoms with Crippen LogP contribution in [-0.4, -0.2) is 24.0 Å². The van der Waals surface area contributed by atoms with E-state index in [1.54, 1.807) is 12.4 Å². The number of amides is 1. The van der Waals surface area contributed by atoms with Gasteiger partial charge in [0.1, 0.15) is 0 Å². The molecule has 18 heavy (non-hydrogen) atoms. The van der Waals surface area contributed by atoms with Crippen molar-refractivity contribution < 1.29 is 4.79 Å². The molecule has 1 heterocycles. The third-order valence-electron chi connectivity index (χ3n) is 2.60. The largest absolute Gasteiger partial charge is 0.355 e. The van der Waals surface area contributed by atoms with E-state index in [-0.39, 0.29) is 36.6 Å². The molecule has 0 aliphatic carbocycles. The third-order valence-corrected chi connectivity index (χ3v) is 2.60. The van der Waals surface area contributed by atoms with E-state index in [4.69, 9.17) is 5.73 Å². The van der Waals surface area contributed by atoms with Crippen LogP contribution >= 0.6 is 24.8 Å². The van der Waals surface area contributed by atoms with Gasteiger partial charge in [0.05, 0.1) is 5.92 Å². The number of halogens is 2. The van der Waals surface area contributed by atoms with Crippen LogP contribution in [-0.2, 0) is 4.79 Å². The lowest BCUT2D eigenvalue weighted by atomic mass is 10.0. The van der Waals surface area contributed by atoms with Crippen LogP contribution in [0.25, 0.3) is 0 Å². The van der Waals surface area contributed by atoms with Gasteiger partial charge in [0.15, 0.2) is 0 Å². The summed E-state index contributed by atoms with van der Waals surface area (Å²) in [5.41, 5.74) is 6.42. The van der Waals surface area contributed by atoms with E-state index in [0.717, 1.165) is 5.56 Å². The zero-order valence-corrected chi connectivity index (χ0v) is 12.3. The Morgan fingerprint density at radius 1 is 1.44 bits per heavy atom. The molecule has 2 atom stereocenters. The van der Waals surface area contributed by atoms with Gasteiger partial charge in [-0.1, -0.05) is 13.0 Å². The maximum atomic E-state index is 11.8. The number of carbonyl (C=O) groups excluding carboxylic acids is 1. The van der Waals surface area contributed by atoms with Crippen LogP contribution in [0.15, 0.2) is 24.5 Å². The molecule has 0 aliphatic rings. The van der Waals surface area contributed by atoms with Crippen molar-refractivity contribution in [1.29, 1.82) is 0 Å². The summed E-state index contributed by atoms with van der Waals surface area (Å²) in [6, 6.07) is 3.74. The van der Waals surface area contributed by atoms with Gasteiger partial charge < -0.3 is 11.1 Å². The topological polar surface area (TPSA) is 68.0 Å². The average molecular weight is 294 g/mol. The van der Waals surface area contributed by atoms with E-state index in [1.165, 1.54) is 0 Å². The third kappa shape index (κ3) is 6.19. The molecular formula is C12H21Cl2N3O. The number of nitrogens with one attached hydrogen (secondary N) is 1. The first-order valence-corrected chi connectivity index (χ1v) is 5.52. The monoisotopic (exact) mass is 293 g/mol. The Morgan fingerprint density at radius 3 is 2.61 bits per heavy atom. The molecule has 6 heteroatoms. The summed E-state index contributed by atoms with van der Waals surface area (Å²) in [6.45, 7) is 5.09. The zero-order chi connectivity index (χ0) is 12.0. The summed E-state index contributed by atoms with van der Waals surface area (Å²) in [4.78, 5) is 15.8. The lowest BCUT2D eigenvalue weighted by Crippen LogP contribution is -2.33. The highest BCUT2D eigenvalue weighted by Crippen LogP contribution is 2.13. The molecule has 0 saturated heterocycles. The van der Waals surface area contributed by atoms with Crippen molar-refractivity contribution in [3.8, 4) is 0 Å². The molecular weight excluding hydrogens is 273 g/mol. The number of hydrogen-bond acceptors (Lipinski definition) is 3. The highest BCUT2D eigenvalue weighted by Gasteiger charge is 2.15. The molecule has 0 fully saturated rings. The van der Waals surface area contributed by atoms with Gasteiger partial charge >= 0.3 is 0 Å². The Kier molecular flexibility index (Phi) is 11.0. The minimum Gasteiger partial charge on any atom is -0.355 e. The number of nitrogens with two attached hydrogens (primary N) is 1. The summed E-state index contributed by atoms with van der Waals surface area (Å²) < 4.78 is 0. The molecule has 0 bridgehead atoms. The van der Waals surface area contributed by atoms with Gasteiger partial charge in [-0.15, -0.1) is 24.8 Å². The van der Waals surface area contributed by atoms with Crippen molar-refractivity contribution in [2.45, 2.75) is 19.8 Å². The van der Waals surface area contributed by atoms with Gasteiger partial charge in [-0.05, 0) is 31.0 Å². The zero-order valence-electron chi connectivity index (χ0n) is 10.6. The lowest BCUT2D eigenvalue weighted by molar-refractivity contribution is -0.122. The van der Waals surface area contributed by atoms with E-state index in [9.17, 15) is 4.79 Å². The standard InChI is InChI=1S/C12H19N3O.2ClH/c1-9(6-13)7-15-12(16)10(2)11-4-3-5-14-8-11;;/h3-5,8-10H,6-7,13H2,1-2H3,(H,15,16);2*1H. The van der Waals surface area contributed by atoms with Crippen LogP contribution in [0.1, 0.15) is 25.3 Å². The second kappa shape index (κ2) is 10.1. The maximum absolute atomic E-state index is 11.8. The number of rotatable bonds is 5. The van der Waals surface area contributed by atoms with Crippen molar-refractivity contribution >= 4 is 30.7 Å². The Labute approximate surface area is 121 Å². The molecule has 0 radical (unpaired) electrons. The van der Waals surface area contributed by atoms with Crippen molar-refractivity contribution in [2.75, 3.05) is 13.1 Å². The van der Waals surface area contributed by atoms with E-state index >= 15 is 0 Å². The SMILES string of the molecule is CC(CN)CNC(=O)C(C)c1cccnc1.Cl.Cl. The van der Waals surface area contributed by atoms with Gasteiger partial charge in [0.2, 0.25) is 5.91 Å². The summed E-state index contributed by atoms with van der Waals surface area (Å²) >= 11 is 0. The lowest BCUT2D eigenvalue weighted by Gasteiger charge is -2.14. The summed E-state index contributed by atoms with van der Waals surface area (Å²) in [5.74, 6) is 0.164. The number of nitrogens with zero attached hydrogens (tertiary/aromatic N) is 1. The summed E-state index contributed by atoms with van der Waals surface area (Å²) in [6.07, 6.45) is 3.42. The van der Waals surface area contributed by atoms with Crippen LogP contribution in [0, 0.1) is 5.92 Å². The van der Waals surface area contributed by atoms with Crippen LogP contribution in [0.3, 0.4) is 0 Å². The number of pyridine rings is 1. The van der Waals surface area contributed by atoms with Crippen molar-refractivity contribution in [3.63, 3.8) is 0 Å². The Balaban J connectivity index is 0. The highest BCUT2D eigenvalue weighted by atomic mass is 35.5. The molecule has 0 aliphatic heterocycles. The van der Waals surface area contributed by atoms with Gasteiger partial charge in [0, 0.05) is 18.9 Å². The van der Waals surface area contributed by atoms with E-state index in [2.05, 4.69) is 10.3 Å². The van der Waals surface area contributed by atoms with Crippen LogP contribution in [0.4, 0.5) is 0 Å². The van der Waals surface area contributed by atoms with Crippen molar-refractivity contribution in [2.24, 2.45) is 11.7 Å². The van der Waals surface area contributed by atoms with Gasteiger partial charge in [0.25, 0.3) is 0 Å². The van der Waals surface area contributed by atoms with Crippen LogP contribution < -0.4 is 11.1 Å². The number of aromatic nitrogens is 1. The first kappa shape index (κ1) is 19.5. The molecule has 2 unspecified atom stereocenters. The molecule has 1 aromatic heterocycles. The maximum Gasteiger partial charge on any atom is 0.227 e. The molecule has 0 spiro atoms. The Bertz CT molecular complexity index is 335. The second-order valence-corrected chi connectivity index (χ2v) is 4.09. The Hall–Kier alpha value is -0.840. The van der Waals surface area contributed by atoms with Gasteiger partial charge in [-0.3, -0.25) is 9.78 Å². The van der Waals surface area contributed by atoms with Crippen LogP contribution in [0.5, 0.6) is 0 Å². The number of hydrogen-bond donors (Lipinski definition) is 2. The predicted molar refractivity (Wildman–Crippen MR) is 78.4 cm³/mol. The average Bonchev–Trinajstić information content (AvgIpc) is 2.35. The van der Waals surface area contributed by atoms with E-state index in [1.807, 2.05) is 26.0 Å². The fourth-order valence-electron chi connectivity index (χ4n) is 1.29. The van der Waals surface area contributed by atoms with E-state index in [0.29, 0.717) is 19.0 Å². The fourth-order valence-corrected chi connectivity index (χ4v) is 1.29. The Morgan fingerprint density at radius 2 is 2.11 bits per heavy atom. The number of carbonyl (C=O) groups is 1. The van der Waals surface area contributed by atoms with Crippen LogP contribution in [0.2, 0.25) is 0 Å². The molecule has 1 amide bonds. The first-order valence-electron chi connectivity index (χ1n) is 5.52. The molecule has 1 aromatic rings. The first-order chi connectivity index (χ1) is 7.65. The van der Waals surface area contributed by atoms with Gasteiger partial charge in [-0.25, -0.2) is 0 Å². The molecule has 104 valence electrons. The molecule has 3 N–H and O–H groups in total. The van der Waals surface area contributed by atoms with Crippen molar-refractivity contribution in [3.05, 3.63) is 30.1 Å². The van der Waals surface area contributed by atoms with Crippen molar-refractivity contribution in [1.82, 2.24) is 10.3 Å². The molecule has 4 nitrogen and oxygen atoms in total. The normalized spacial score (nSPS) is 12.6. The molecule has 0 saturated carbocycles.